The molecule has 2 N–H and O–H groups in total. The van der Waals surface area contributed by atoms with Crippen molar-refractivity contribution >= 4 is 65.9 Å². The third-order valence-electron chi connectivity index (χ3n) is 6.49. The summed E-state index contributed by atoms with van der Waals surface area (Å²) in [7, 11) is -4.22. The van der Waals surface area contributed by atoms with Crippen LogP contribution < -0.4 is 10.0 Å². The zero-order valence-corrected chi connectivity index (χ0v) is 21.5. The Morgan fingerprint density at radius 1 is 0.821 bits per heavy atom. The predicted octanol–water partition coefficient (Wildman–Crippen LogP) is 6.21. The maximum atomic E-state index is 13.2. The Bertz CT molecular complexity index is 2020. The minimum Gasteiger partial charge on any atom is -0.341 e. The molecule has 0 aliphatic rings. The van der Waals surface area contributed by atoms with Crippen molar-refractivity contribution in [1.29, 1.82) is 0 Å². The fraction of sp³-hybridized carbons (Fsp3) is 0.0714. The number of nitro benzene ring substituents is 1. The summed E-state index contributed by atoms with van der Waals surface area (Å²) < 4.78 is 31.2. The number of hydrogen-bond acceptors (Lipinski definition) is 7. The number of para-hydroxylation sites is 3. The normalized spacial score (nSPS) is 11.7. The molecule has 2 aromatic heterocycles. The van der Waals surface area contributed by atoms with Gasteiger partial charge in [0.2, 0.25) is 0 Å². The predicted molar refractivity (Wildman–Crippen MR) is 152 cm³/mol. The van der Waals surface area contributed by atoms with E-state index in [1.54, 1.807) is 18.2 Å². The van der Waals surface area contributed by atoms with Gasteiger partial charge in [0.15, 0.2) is 11.6 Å². The third-order valence-corrected chi connectivity index (χ3v) is 7.83. The molecule has 0 aliphatic heterocycles. The fourth-order valence-corrected chi connectivity index (χ4v) is 5.77. The van der Waals surface area contributed by atoms with Gasteiger partial charge in [-0.2, -0.15) is 0 Å². The van der Waals surface area contributed by atoms with E-state index in [-0.39, 0.29) is 22.2 Å². The summed E-state index contributed by atoms with van der Waals surface area (Å²) >= 11 is 0. The summed E-state index contributed by atoms with van der Waals surface area (Å²) in [4.78, 5) is 19.5. The number of nitro groups is 1. The average Bonchev–Trinajstić information content (AvgIpc) is 3.26. The molecule has 0 radical (unpaired) electrons. The minimum absolute atomic E-state index is 0.0312. The number of sulfonamides is 1. The van der Waals surface area contributed by atoms with Crippen LogP contribution in [0.5, 0.6) is 0 Å². The number of fused-ring (bicyclic) bond motifs is 4. The van der Waals surface area contributed by atoms with Crippen LogP contribution in [0.1, 0.15) is 6.92 Å². The molecule has 39 heavy (non-hydrogen) atoms. The van der Waals surface area contributed by atoms with Crippen LogP contribution in [0.15, 0.2) is 95.9 Å². The highest BCUT2D eigenvalue weighted by Crippen LogP contribution is 2.33. The molecule has 2 heterocycles. The van der Waals surface area contributed by atoms with Crippen LogP contribution in [-0.2, 0) is 16.6 Å². The van der Waals surface area contributed by atoms with Gasteiger partial charge in [0.1, 0.15) is 0 Å². The van der Waals surface area contributed by atoms with Gasteiger partial charge in [0.25, 0.3) is 15.7 Å². The Labute approximate surface area is 223 Å². The summed E-state index contributed by atoms with van der Waals surface area (Å²) in [6.07, 6.45) is 0. The average molecular weight is 539 g/mol. The van der Waals surface area contributed by atoms with Crippen molar-refractivity contribution in [3.63, 3.8) is 0 Å². The van der Waals surface area contributed by atoms with Gasteiger partial charge < -0.3 is 9.88 Å². The molecule has 0 saturated carbocycles. The van der Waals surface area contributed by atoms with Crippen molar-refractivity contribution in [3.05, 3.63) is 101 Å². The van der Waals surface area contributed by atoms with Gasteiger partial charge in [-0.25, -0.2) is 18.4 Å². The first kappa shape index (κ1) is 24.3. The molecular weight excluding hydrogens is 516 g/mol. The Morgan fingerprint density at radius 2 is 1.51 bits per heavy atom. The maximum Gasteiger partial charge on any atom is 0.270 e. The third kappa shape index (κ3) is 4.38. The van der Waals surface area contributed by atoms with Gasteiger partial charge >= 0.3 is 0 Å². The highest BCUT2D eigenvalue weighted by atomic mass is 32.2. The van der Waals surface area contributed by atoms with Gasteiger partial charge in [-0.05, 0) is 49.4 Å². The first-order valence-electron chi connectivity index (χ1n) is 12.2. The van der Waals surface area contributed by atoms with Gasteiger partial charge in [0.05, 0.1) is 20.9 Å². The van der Waals surface area contributed by atoms with E-state index in [4.69, 9.17) is 0 Å². The van der Waals surface area contributed by atoms with Crippen LogP contribution in [-0.4, -0.2) is 27.9 Å². The lowest BCUT2D eigenvalue weighted by Gasteiger charge is -2.14. The van der Waals surface area contributed by atoms with Crippen LogP contribution in [0, 0.1) is 10.1 Å². The molecule has 11 heteroatoms. The summed E-state index contributed by atoms with van der Waals surface area (Å²) in [6.45, 7) is 2.92. The van der Waals surface area contributed by atoms with Crippen LogP contribution >= 0.6 is 0 Å². The van der Waals surface area contributed by atoms with Crippen LogP contribution in [0.3, 0.4) is 0 Å². The Kier molecular flexibility index (Phi) is 5.84. The lowest BCUT2D eigenvalue weighted by molar-refractivity contribution is -0.385. The SMILES string of the molecule is CCn1c2ccccc2c2cc(Nc3nc4ccccc4nc3NS(=O)(=O)c3cccc([N+](=O)[O-])c3)ccc21. The number of anilines is 3. The molecule has 0 saturated heterocycles. The largest absolute Gasteiger partial charge is 0.341 e. The van der Waals surface area contributed by atoms with Crippen molar-refractivity contribution in [3.8, 4) is 0 Å². The minimum atomic E-state index is -4.22. The highest BCUT2D eigenvalue weighted by Gasteiger charge is 2.21. The number of rotatable bonds is 7. The van der Waals surface area contributed by atoms with E-state index in [0.717, 1.165) is 34.4 Å². The van der Waals surface area contributed by atoms with Crippen LogP contribution in [0.4, 0.5) is 23.0 Å². The topological polar surface area (TPSA) is 132 Å². The summed E-state index contributed by atoms with van der Waals surface area (Å²) in [5, 5.41) is 16.6. The van der Waals surface area contributed by atoms with Gasteiger partial charge in [0, 0.05) is 46.2 Å². The van der Waals surface area contributed by atoms with Crippen molar-refractivity contribution in [1.82, 2.24) is 14.5 Å². The number of nitrogens with one attached hydrogen (secondary N) is 2. The first-order valence-corrected chi connectivity index (χ1v) is 13.6. The summed E-state index contributed by atoms with van der Waals surface area (Å²) in [5.41, 5.74) is 3.63. The van der Waals surface area contributed by atoms with E-state index < -0.39 is 14.9 Å². The second-order valence-electron chi connectivity index (χ2n) is 8.89. The van der Waals surface area contributed by atoms with E-state index >= 15 is 0 Å². The molecule has 0 fully saturated rings. The van der Waals surface area contributed by atoms with Crippen molar-refractivity contribution in [2.75, 3.05) is 10.0 Å². The maximum absolute atomic E-state index is 13.2. The molecule has 0 bridgehead atoms. The molecule has 194 valence electrons. The van der Waals surface area contributed by atoms with E-state index in [9.17, 15) is 18.5 Å². The molecule has 10 nitrogen and oxygen atoms in total. The van der Waals surface area contributed by atoms with Gasteiger partial charge in [-0.1, -0.05) is 36.4 Å². The van der Waals surface area contributed by atoms with Crippen LogP contribution in [0.25, 0.3) is 32.8 Å². The molecule has 6 rings (SSSR count). The van der Waals surface area contributed by atoms with E-state index in [1.807, 2.05) is 36.4 Å². The van der Waals surface area contributed by atoms with Crippen LogP contribution in [0.2, 0.25) is 0 Å². The molecule has 0 unspecified atom stereocenters. The monoisotopic (exact) mass is 538 g/mol. The second kappa shape index (κ2) is 9.37. The summed E-state index contributed by atoms with van der Waals surface area (Å²) in [5.74, 6) is 0.164. The van der Waals surface area contributed by atoms with Gasteiger partial charge in [-0.15, -0.1) is 0 Å². The number of aryl methyl sites for hydroxylation is 1. The Morgan fingerprint density at radius 3 is 2.26 bits per heavy atom. The zero-order chi connectivity index (χ0) is 27.1. The number of aromatic nitrogens is 3. The van der Waals surface area contributed by atoms with E-state index in [0.29, 0.717) is 16.7 Å². The number of nitrogens with zero attached hydrogens (tertiary/aromatic N) is 4. The highest BCUT2D eigenvalue weighted by molar-refractivity contribution is 7.92. The summed E-state index contributed by atoms with van der Waals surface area (Å²) in [6, 6.07) is 26.0. The second-order valence-corrected chi connectivity index (χ2v) is 10.6. The lowest BCUT2D eigenvalue weighted by Crippen LogP contribution is -2.16. The molecule has 0 spiro atoms. The zero-order valence-electron chi connectivity index (χ0n) is 20.7. The Hall–Kier alpha value is -5.03. The molecular formula is C28H22N6O4S. The van der Waals surface area contributed by atoms with Gasteiger partial charge in [-0.3, -0.25) is 14.8 Å². The van der Waals surface area contributed by atoms with Crippen molar-refractivity contribution in [2.45, 2.75) is 18.4 Å². The smallest absolute Gasteiger partial charge is 0.270 e. The molecule has 4 aromatic carbocycles. The Balaban J connectivity index is 1.44. The van der Waals surface area contributed by atoms with Crippen molar-refractivity contribution in [2.24, 2.45) is 0 Å². The first-order chi connectivity index (χ1) is 18.8. The van der Waals surface area contributed by atoms with Crippen molar-refractivity contribution < 1.29 is 13.3 Å². The molecule has 0 atom stereocenters. The molecule has 6 aromatic rings. The quantitative estimate of drug-likeness (QED) is 0.182. The lowest BCUT2D eigenvalue weighted by atomic mass is 10.1. The van der Waals surface area contributed by atoms with E-state index in [1.165, 1.54) is 18.2 Å². The fourth-order valence-electron chi connectivity index (χ4n) is 4.72. The molecule has 0 amide bonds. The number of hydrogen-bond donors (Lipinski definition) is 2. The number of non-ortho nitro benzene ring substituents is 1. The molecule has 0 aliphatic carbocycles. The standard InChI is InChI=1S/C28H22N6O4S/c1-2-33-25-13-6-3-10-21(25)22-16-18(14-15-26(22)33)29-27-28(31-24-12-5-4-11-23(24)30-27)32-39(37,38)20-9-7-8-19(17-20)34(35)36/h3-17H,2H2,1H3,(H,29,30)(H,31,32). The van der Waals surface area contributed by atoms with E-state index in [2.05, 4.69) is 43.6 Å². The number of benzene rings is 4.